The number of aliphatic hydroxyl groups excluding tert-OH is 1. The molecule has 3 N–H and O–H groups in total. The van der Waals surface area contributed by atoms with E-state index < -0.39 is 11.7 Å². The first-order valence-corrected chi connectivity index (χ1v) is 11.9. The van der Waals surface area contributed by atoms with Gasteiger partial charge in [-0.05, 0) is 84.1 Å². The smallest absolute Gasteiger partial charge is 0.159 e. The normalized spacial score (nSPS) is 14.6. The van der Waals surface area contributed by atoms with Gasteiger partial charge in [0.2, 0.25) is 0 Å². The topological polar surface area (TPSA) is 104 Å². The number of phenols is 1. The Morgan fingerprint density at radius 2 is 1.82 bits per heavy atom. The van der Waals surface area contributed by atoms with Crippen LogP contribution in [0.15, 0.2) is 35.4 Å². The molecule has 6 nitrogen and oxygen atoms in total. The van der Waals surface area contributed by atoms with Gasteiger partial charge in [0, 0.05) is 24.3 Å². The minimum atomic E-state index is -1.30. The first-order valence-electron chi connectivity index (χ1n) is 11.9. The maximum absolute atomic E-state index is 12.4. The van der Waals surface area contributed by atoms with Crippen LogP contribution in [0.4, 0.5) is 0 Å². The van der Waals surface area contributed by atoms with Gasteiger partial charge in [0.05, 0.1) is 18.8 Å². The number of aliphatic hydroxyl groups is 2. The second kappa shape index (κ2) is 13.4. The number of aromatic hydroxyl groups is 1. The third kappa shape index (κ3) is 10.2. The molecule has 1 rings (SSSR count). The summed E-state index contributed by atoms with van der Waals surface area (Å²) in [5.74, 6) is 0.697. The summed E-state index contributed by atoms with van der Waals surface area (Å²) < 4.78 is 5.44. The standard InChI is InChI=1S/C28H42O6/c1-18(9-8-10-20(3)25(31)17-26(32)28(5,6)33)13-23(29)14-19(2)11-12-22-16-24(30)15-21(4)27(22)34-7/h11,13,15-16,20,26,30,32-33H,8-10,12,14,17H2,1-7H3/b18-13-,19-11+. The van der Waals surface area contributed by atoms with Crippen molar-refractivity contribution in [2.24, 2.45) is 5.92 Å². The molecule has 2 unspecified atom stereocenters. The van der Waals surface area contributed by atoms with Crippen molar-refractivity contribution in [3.63, 3.8) is 0 Å². The van der Waals surface area contributed by atoms with Crippen molar-refractivity contribution < 1.29 is 29.6 Å². The fraction of sp³-hybridized carbons (Fsp3) is 0.571. The van der Waals surface area contributed by atoms with Gasteiger partial charge in [-0.2, -0.15) is 0 Å². The fourth-order valence-corrected chi connectivity index (χ4v) is 3.79. The fourth-order valence-electron chi connectivity index (χ4n) is 3.79. The number of hydrogen-bond acceptors (Lipinski definition) is 6. The van der Waals surface area contributed by atoms with Crippen LogP contribution in [-0.4, -0.2) is 45.7 Å². The van der Waals surface area contributed by atoms with Crippen molar-refractivity contribution in [3.05, 3.63) is 46.6 Å². The molecule has 0 radical (unpaired) electrons. The molecule has 0 heterocycles. The van der Waals surface area contributed by atoms with Crippen LogP contribution >= 0.6 is 0 Å². The summed E-state index contributed by atoms with van der Waals surface area (Å²) in [5.41, 5.74) is 2.36. The molecule has 0 aliphatic rings. The third-order valence-electron chi connectivity index (χ3n) is 6.04. The van der Waals surface area contributed by atoms with Crippen molar-refractivity contribution in [1.29, 1.82) is 0 Å². The first kappa shape index (κ1) is 29.6. The Morgan fingerprint density at radius 1 is 1.18 bits per heavy atom. The maximum atomic E-state index is 12.4. The van der Waals surface area contributed by atoms with E-state index in [0.29, 0.717) is 19.3 Å². The average molecular weight is 475 g/mol. The molecule has 0 amide bonds. The van der Waals surface area contributed by atoms with E-state index in [2.05, 4.69) is 0 Å². The number of benzene rings is 1. The van der Waals surface area contributed by atoms with E-state index in [0.717, 1.165) is 40.9 Å². The molecule has 0 bridgehead atoms. The van der Waals surface area contributed by atoms with Crippen molar-refractivity contribution in [2.75, 3.05) is 7.11 Å². The molecule has 0 aliphatic carbocycles. The van der Waals surface area contributed by atoms with Crippen LogP contribution in [0.5, 0.6) is 11.5 Å². The van der Waals surface area contributed by atoms with E-state index in [-0.39, 0.29) is 29.7 Å². The van der Waals surface area contributed by atoms with E-state index in [1.807, 2.05) is 33.8 Å². The lowest BCUT2D eigenvalue weighted by Gasteiger charge is -2.24. The van der Waals surface area contributed by atoms with Crippen molar-refractivity contribution in [2.45, 2.75) is 91.8 Å². The monoisotopic (exact) mass is 474 g/mol. The van der Waals surface area contributed by atoms with Crippen molar-refractivity contribution in [1.82, 2.24) is 0 Å². The SMILES string of the molecule is COc1c(C)cc(O)cc1C/C=C(\C)CC(=O)/C=C(/C)CCCC(C)C(=O)CC(O)C(C)(C)O. The minimum Gasteiger partial charge on any atom is -0.508 e. The molecule has 34 heavy (non-hydrogen) atoms. The number of ketones is 2. The summed E-state index contributed by atoms with van der Waals surface area (Å²) in [6.07, 6.45) is 5.56. The number of rotatable bonds is 14. The summed E-state index contributed by atoms with van der Waals surface area (Å²) in [5, 5.41) is 29.5. The third-order valence-corrected chi connectivity index (χ3v) is 6.04. The second-order valence-corrected chi connectivity index (χ2v) is 9.98. The van der Waals surface area contributed by atoms with Crippen LogP contribution in [0.2, 0.25) is 0 Å². The van der Waals surface area contributed by atoms with E-state index in [4.69, 9.17) is 4.74 Å². The average Bonchev–Trinajstić information content (AvgIpc) is 2.70. The van der Waals surface area contributed by atoms with Crippen LogP contribution in [0.3, 0.4) is 0 Å². The zero-order chi connectivity index (χ0) is 26.1. The zero-order valence-corrected chi connectivity index (χ0v) is 21.8. The number of carbonyl (C=O) groups is 2. The number of phenolic OH excluding ortho intramolecular Hbond substituents is 1. The predicted molar refractivity (Wildman–Crippen MR) is 135 cm³/mol. The maximum Gasteiger partial charge on any atom is 0.159 e. The Labute approximate surface area is 204 Å². The van der Waals surface area contributed by atoms with Crippen LogP contribution in [0, 0.1) is 12.8 Å². The van der Waals surface area contributed by atoms with Gasteiger partial charge >= 0.3 is 0 Å². The predicted octanol–water partition coefficient (Wildman–Crippen LogP) is 5.00. The van der Waals surface area contributed by atoms with E-state index in [1.165, 1.54) is 13.8 Å². The van der Waals surface area contributed by atoms with E-state index in [1.54, 1.807) is 25.3 Å². The molecule has 0 aromatic heterocycles. The van der Waals surface area contributed by atoms with Gasteiger partial charge in [-0.15, -0.1) is 0 Å². The lowest BCUT2D eigenvalue weighted by molar-refractivity contribution is -0.129. The Balaban J connectivity index is 2.54. The molecule has 0 saturated heterocycles. The Hall–Kier alpha value is -2.44. The van der Waals surface area contributed by atoms with E-state index in [9.17, 15) is 24.9 Å². The highest BCUT2D eigenvalue weighted by molar-refractivity contribution is 5.91. The highest BCUT2D eigenvalue weighted by Crippen LogP contribution is 2.29. The van der Waals surface area contributed by atoms with Gasteiger partial charge in [0.15, 0.2) is 5.78 Å². The highest BCUT2D eigenvalue weighted by atomic mass is 16.5. The Morgan fingerprint density at radius 3 is 2.41 bits per heavy atom. The quantitative estimate of drug-likeness (QED) is 0.259. The number of Topliss-reactive ketones (excluding diaryl/α,β-unsaturated/α-hetero) is 1. The molecule has 0 fully saturated rings. The summed E-state index contributed by atoms with van der Waals surface area (Å²) in [6, 6.07) is 3.34. The lowest BCUT2D eigenvalue weighted by Crippen LogP contribution is -2.38. The van der Waals surface area contributed by atoms with Crippen LogP contribution in [0.1, 0.15) is 77.8 Å². The number of carbonyl (C=O) groups excluding carboxylic acids is 2. The summed E-state index contributed by atoms with van der Waals surface area (Å²) in [7, 11) is 1.60. The van der Waals surface area contributed by atoms with Crippen LogP contribution in [0.25, 0.3) is 0 Å². The zero-order valence-electron chi connectivity index (χ0n) is 21.8. The molecular weight excluding hydrogens is 432 g/mol. The number of hydrogen-bond donors (Lipinski definition) is 3. The summed E-state index contributed by atoms with van der Waals surface area (Å²) in [6.45, 7) is 10.5. The number of methoxy groups -OCH3 is 1. The molecular formula is C28H42O6. The molecule has 1 aromatic carbocycles. The van der Waals surface area contributed by atoms with Crippen LogP contribution in [-0.2, 0) is 16.0 Å². The number of allylic oxidation sites excluding steroid dienone is 4. The molecule has 190 valence electrons. The number of aryl methyl sites for hydroxylation is 1. The first-order chi connectivity index (χ1) is 15.7. The van der Waals surface area contributed by atoms with Gasteiger partial charge in [0.25, 0.3) is 0 Å². The Bertz CT molecular complexity index is 904. The molecule has 0 spiro atoms. The van der Waals surface area contributed by atoms with Crippen molar-refractivity contribution >= 4 is 11.6 Å². The minimum absolute atomic E-state index is 0.0303. The summed E-state index contributed by atoms with van der Waals surface area (Å²) in [4.78, 5) is 24.7. The Kier molecular flexibility index (Phi) is 11.7. The van der Waals surface area contributed by atoms with Gasteiger partial charge in [-0.25, -0.2) is 0 Å². The number of ether oxygens (including phenoxy) is 1. The molecule has 1 aromatic rings. The van der Waals surface area contributed by atoms with Gasteiger partial charge < -0.3 is 20.1 Å². The van der Waals surface area contributed by atoms with Gasteiger partial charge in [-0.3, -0.25) is 9.59 Å². The van der Waals surface area contributed by atoms with E-state index >= 15 is 0 Å². The largest absolute Gasteiger partial charge is 0.508 e. The summed E-state index contributed by atoms with van der Waals surface area (Å²) >= 11 is 0. The molecule has 6 heteroatoms. The lowest BCUT2D eigenvalue weighted by atomic mass is 9.90. The second-order valence-electron chi connectivity index (χ2n) is 9.98. The van der Waals surface area contributed by atoms with Gasteiger partial charge in [-0.1, -0.05) is 24.1 Å². The van der Waals surface area contributed by atoms with Gasteiger partial charge in [0.1, 0.15) is 17.3 Å². The van der Waals surface area contributed by atoms with Crippen molar-refractivity contribution in [3.8, 4) is 11.5 Å². The molecule has 2 atom stereocenters. The highest BCUT2D eigenvalue weighted by Gasteiger charge is 2.28. The molecule has 0 aliphatic heterocycles. The van der Waals surface area contributed by atoms with Crippen LogP contribution < -0.4 is 4.74 Å². The molecule has 0 saturated carbocycles.